The molecular formula is C47H78O4. The minimum Gasteiger partial charge on any atom is -0.457 e. The predicted octanol–water partition coefficient (Wildman–Crippen LogP) is 13.8. The molecule has 0 aliphatic rings. The second-order valence-corrected chi connectivity index (χ2v) is 13.3. The highest BCUT2D eigenvalue weighted by Gasteiger charge is 2.13. The molecule has 0 aromatic carbocycles. The van der Waals surface area contributed by atoms with Crippen LogP contribution in [0.15, 0.2) is 97.2 Å². The summed E-state index contributed by atoms with van der Waals surface area (Å²) in [6.07, 6.45) is 61.8. The molecule has 1 unspecified atom stereocenters. The number of esters is 1. The van der Waals surface area contributed by atoms with Gasteiger partial charge in [0.1, 0.15) is 6.10 Å². The van der Waals surface area contributed by atoms with Crippen molar-refractivity contribution in [2.45, 2.75) is 174 Å². The van der Waals surface area contributed by atoms with E-state index in [-0.39, 0.29) is 19.2 Å². The Balaban J connectivity index is 3.53. The Morgan fingerprint density at radius 3 is 1.33 bits per heavy atom. The largest absolute Gasteiger partial charge is 0.457 e. The molecule has 0 aromatic heterocycles. The highest BCUT2D eigenvalue weighted by molar-refractivity contribution is 5.69. The normalized spacial score (nSPS) is 13.4. The first-order chi connectivity index (χ1) is 25.2. The molecule has 0 saturated carbocycles. The first-order valence-corrected chi connectivity index (χ1v) is 20.8. The van der Waals surface area contributed by atoms with Crippen LogP contribution in [-0.2, 0) is 14.3 Å². The Morgan fingerprint density at radius 2 is 0.882 bits per heavy atom. The van der Waals surface area contributed by atoms with Crippen LogP contribution >= 0.6 is 0 Å². The Morgan fingerprint density at radius 1 is 0.490 bits per heavy atom. The Bertz CT molecular complexity index is 965. The van der Waals surface area contributed by atoms with Crippen molar-refractivity contribution in [1.29, 1.82) is 0 Å². The summed E-state index contributed by atoms with van der Waals surface area (Å²) in [5.41, 5.74) is 0. The average molecular weight is 707 g/mol. The number of aliphatic hydroxyl groups excluding tert-OH is 1. The lowest BCUT2D eigenvalue weighted by Gasteiger charge is -2.15. The number of hydrogen-bond acceptors (Lipinski definition) is 4. The van der Waals surface area contributed by atoms with Crippen LogP contribution in [0, 0.1) is 0 Å². The molecular weight excluding hydrogens is 629 g/mol. The number of rotatable bonds is 37. The number of hydrogen-bond donors (Lipinski definition) is 1. The predicted molar refractivity (Wildman–Crippen MR) is 223 cm³/mol. The molecule has 4 heteroatoms. The van der Waals surface area contributed by atoms with Gasteiger partial charge in [-0.15, -0.1) is 0 Å². The van der Waals surface area contributed by atoms with E-state index in [9.17, 15) is 9.90 Å². The van der Waals surface area contributed by atoms with Crippen LogP contribution < -0.4 is 0 Å². The summed E-state index contributed by atoms with van der Waals surface area (Å²) in [6, 6.07) is 0. The Hall–Kier alpha value is -2.69. The zero-order chi connectivity index (χ0) is 37.0. The monoisotopic (exact) mass is 707 g/mol. The van der Waals surface area contributed by atoms with Gasteiger partial charge in [-0.2, -0.15) is 0 Å². The fourth-order valence-corrected chi connectivity index (χ4v) is 5.31. The molecule has 0 spiro atoms. The quantitative estimate of drug-likeness (QED) is 0.0397. The molecule has 51 heavy (non-hydrogen) atoms. The van der Waals surface area contributed by atoms with Gasteiger partial charge < -0.3 is 14.6 Å². The smallest absolute Gasteiger partial charge is 0.306 e. The molecule has 0 heterocycles. The first kappa shape index (κ1) is 48.3. The highest BCUT2D eigenvalue weighted by Crippen LogP contribution is 2.11. The topological polar surface area (TPSA) is 55.8 Å². The summed E-state index contributed by atoms with van der Waals surface area (Å²) >= 11 is 0. The maximum Gasteiger partial charge on any atom is 0.306 e. The molecule has 4 nitrogen and oxygen atoms in total. The summed E-state index contributed by atoms with van der Waals surface area (Å²) < 4.78 is 11.1. The number of allylic oxidation sites excluding steroid dienone is 16. The molecule has 0 fully saturated rings. The number of ether oxygens (including phenoxy) is 2. The molecule has 0 aliphatic heterocycles. The molecule has 0 aliphatic carbocycles. The third kappa shape index (κ3) is 41.6. The van der Waals surface area contributed by atoms with E-state index in [1.807, 2.05) is 0 Å². The van der Waals surface area contributed by atoms with E-state index in [2.05, 4.69) is 111 Å². The van der Waals surface area contributed by atoms with Crippen LogP contribution in [-0.4, -0.2) is 37.0 Å². The van der Waals surface area contributed by atoms with Crippen molar-refractivity contribution in [2.24, 2.45) is 0 Å². The van der Waals surface area contributed by atoms with E-state index >= 15 is 0 Å². The summed E-state index contributed by atoms with van der Waals surface area (Å²) in [6.45, 7) is 5.11. The lowest BCUT2D eigenvalue weighted by atomic mass is 10.1. The van der Waals surface area contributed by atoms with Gasteiger partial charge in [0.15, 0.2) is 0 Å². The fourth-order valence-electron chi connectivity index (χ4n) is 5.31. The zero-order valence-electron chi connectivity index (χ0n) is 33.1. The van der Waals surface area contributed by atoms with Crippen LogP contribution in [0.4, 0.5) is 0 Å². The molecule has 290 valence electrons. The number of carbonyl (C=O) groups is 1. The fraction of sp³-hybridized carbons (Fsp3) is 0.638. The number of unbranched alkanes of at least 4 members (excludes halogenated alkanes) is 13. The van der Waals surface area contributed by atoms with Gasteiger partial charge in [-0.25, -0.2) is 0 Å². The van der Waals surface area contributed by atoms with E-state index in [0.29, 0.717) is 13.0 Å². The summed E-state index contributed by atoms with van der Waals surface area (Å²) in [7, 11) is 0. The average Bonchev–Trinajstić information content (AvgIpc) is 3.14. The lowest BCUT2D eigenvalue weighted by Crippen LogP contribution is -2.27. The minimum absolute atomic E-state index is 0.188. The van der Waals surface area contributed by atoms with Gasteiger partial charge in [0.25, 0.3) is 0 Å². The molecule has 0 radical (unpaired) electrons. The summed E-state index contributed by atoms with van der Waals surface area (Å²) in [5, 5.41) is 9.58. The van der Waals surface area contributed by atoms with Gasteiger partial charge in [0.05, 0.1) is 13.2 Å². The standard InChI is InChI=1S/C47H78O4/c1-3-5-7-9-11-13-15-17-18-19-20-21-22-23-24-25-26-27-28-29-31-33-35-37-39-41-43-50-45-46(44-48)51-47(49)42-40-38-36-34-32-30-16-14-12-10-8-6-4-2/h5,7-8,10-11,13-14,16-18,20-21,23-24,26-27,46,48H,3-4,6,9,12,15,19,22,25,28-45H2,1-2H3/b7-5-,10-8-,13-11-,16-14-,18-17-,21-20-,24-23-,27-26-. The Kier molecular flexibility index (Phi) is 41.2. The zero-order valence-corrected chi connectivity index (χ0v) is 33.1. The molecule has 1 atom stereocenters. The molecule has 0 rings (SSSR count). The third-order valence-corrected chi connectivity index (χ3v) is 8.37. The van der Waals surface area contributed by atoms with E-state index in [0.717, 1.165) is 83.5 Å². The van der Waals surface area contributed by atoms with Crippen LogP contribution in [0.1, 0.15) is 168 Å². The van der Waals surface area contributed by atoms with Gasteiger partial charge in [-0.1, -0.05) is 169 Å². The summed E-state index contributed by atoms with van der Waals surface area (Å²) in [4.78, 5) is 12.2. The van der Waals surface area contributed by atoms with Crippen LogP contribution in [0.25, 0.3) is 0 Å². The maximum absolute atomic E-state index is 12.2. The lowest BCUT2D eigenvalue weighted by molar-refractivity contribution is -0.154. The maximum atomic E-state index is 12.2. The molecule has 1 N–H and O–H groups in total. The van der Waals surface area contributed by atoms with Gasteiger partial charge in [0.2, 0.25) is 0 Å². The first-order valence-electron chi connectivity index (χ1n) is 20.8. The highest BCUT2D eigenvalue weighted by atomic mass is 16.6. The van der Waals surface area contributed by atoms with Crippen LogP contribution in [0.2, 0.25) is 0 Å². The van der Waals surface area contributed by atoms with Crippen molar-refractivity contribution >= 4 is 5.97 Å². The van der Waals surface area contributed by atoms with Crippen molar-refractivity contribution in [2.75, 3.05) is 19.8 Å². The van der Waals surface area contributed by atoms with Crippen molar-refractivity contribution in [1.82, 2.24) is 0 Å². The SMILES string of the molecule is CC/C=C\C/C=C\C/C=C\C/C=C\C/C=C\C/C=C\CCCCCCCCCOCC(CO)OC(=O)CCCCCCC/C=C\C/C=C\CCC. The minimum atomic E-state index is -0.553. The van der Waals surface area contributed by atoms with Crippen molar-refractivity contribution in [3.05, 3.63) is 97.2 Å². The second kappa shape index (κ2) is 43.5. The molecule has 0 bridgehead atoms. The van der Waals surface area contributed by atoms with Gasteiger partial charge in [-0.05, 0) is 89.9 Å². The van der Waals surface area contributed by atoms with Crippen molar-refractivity contribution < 1.29 is 19.4 Å². The number of aliphatic hydroxyl groups is 1. The van der Waals surface area contributed by atoms with Crippen LogP contribution in [0.3, 0.4) is 0 Å². The Labute approximate surface area is 315 Å². The third-order valence-electron chi connectivity index (χ3n) is 8.37. The van der Waals surface area contributed by atoms with E-state index in [4.69, 9.17) is 9.47 Å². The van der Waals surface area contributed by atoms with E-state index in [1.165, 1.54) is 64.2 Å². The van der Waals surface area contributed by atoms with Gasteiger partial charge in [-0.3, -0.25) is 4.79 Å². The van der Waals surface area contributed by atoms with E-state index in [1.54, 1.807) is 0 Å². The van der Waals surface area contributed by atoms with E-state index < -0.39 is 6.10 Å². The summed E-state index contributed by atoms with van der Waals surface area (Å²) in [5.74, 6) is -0.225. The molecule has 0 saturated heterocycles. The molecule has 0 amide bonds. The second-order valence-electron chi connectivity index (χ2n) is 13.3. The van der Waals surface area contributed by atoms with Crippen LogP contribution in [0.5, 0.6) is 0 Å². The van der Waals surface area contributed by atoms with Crippen molar-refractivity contribution in [3.8, 4) is 0 Å². The van der Waals surface area contributed by atoms with Crippen molar-refractivity contribution in [3.63, 3.8) is 0 Å². The van der Waals surface area contributed by atoms with Gasteiger partial charge in [0, 0.05) is 13.0 Å². The van der Waals surface area contributed by atoms with Gasteiger partial charge >= 0.3 is 5.97 Å². The number of carbonyl (C=O) groups excluding carboxylic acids is 1. The molecule has 0 aromatic rings.